The fraction of sp³-hybridized carbons (Fsp3) is 0.786. The number of nitrogens with zero attached hydrogens (tertiary/aromatic N) is 2. The van der Waals surface area contributed by atoms with Crippen molar-refractivity contribution in [3.63, 3.8) is 0 Å². The molecule has 0 aromatic carbocycles. The molecule has 1 aromatic rings. The van der Waals surface area contributed by atoms with Crippen molar-refractivity contribution in [1.82, 2.24) is 15.1 Å². The largest absolute Gasteiger partial charge is 0.307 e. The Morgan fingerprint density at radius 3 is 2.50 bits per heavy atom. The lowest BCUT2D eigenvalue weighted by Gasteiger charge is -2.19. The first-order chi connectivity index (χ1) is 8.62. The van der Waals surface area contributed by atoms with Gasteiger partial charge in [-0.05, 0) is 24.8 Å². The van der Waals surface area contributed by atoms with Crippen molar-refractivity contribution < 1.29 is 0 Å². The van der Waals surface area contributed by atoms with Crippen LogP contribution in [-0.4, -0.2) is 21.2 Å². The second-order valence-corrected chi connectivity index (χ2v) is 5.79. The Morgan fingerprint density at radius 1 is 1.33 bits per heavy atom. The number of hydrogen-bond donors (Lipinski definition) is 1. The Bertz CT molecular complexity index is 332. The molecule has 0 saturated heterocycles. The Balaban J connectivity index is 2.53. The first-order valence-electron chi connectivity index (χ1n) is 6.95. The van der Waals surface area contributed by atoms with Crippen LogP contribution in [0.25, 0.3) is 0 Å². The average molecular weight is 316 g/mol. The van der Waals surface area contributed by atoms with Crippen LogP contribution in [-0.2, 0) is 6.54 Å². The van der Waals surface area contributed by atoms with E-state index < -0.39 is 0 Å². The van der Waals surface area contributed by atoms with Gasteiger partial charge >= 0.3 is 0 Å². The fourth-order valence-electron chi connectivity index (χ4n) is 2.04. The molecule has 0 amide bonds. The molecule has 18 heavy (non-hydrogen) atoms. The van der Waals surface area contributed by atoms with Crippen molar-refractivity contribution in [2.75, 3.05) is 5.33 Å². The lowest BCUT2D eigenvalue weighted by Crippen LogP contribution is -2.34. The molecule has 0 radical (unpaired) electrons. The van der Waals surface area contributed by atoms with Crippen molar-refractivity contribution in [3.05, 3.63) is 18.0 Å². The second-order valence-electron chi connectivity index (χ2n) is 5.14. The first-order valence-corrected chi connectivity index (χ1v) is 8.07. The minimum atomic E-state index is 0.503. The minimum absolute atomic E-state index is 0.503. The molecule has 1 heterocycles. The van der Waals surface area contributed by atoms with Gasteiger partial charge in [0, 0.05) is 24.1 Å². The highest BCUT2D eigenvalue weighted by molar-refractivity contribution is 9.09. The molecule has 3 nitrogen and oxygen atoms in total. The number of halogens is 1. The number of rotatable bonds is 8. The van der Waals surface area contributed by atoms with Crippen molar-refractivity contribution in [1.29, 1.82) is 0 Å². The highest BCUT2D eigenvalue weighted by Gasteiger charge is 2.12. The normalized spacial score (nSPS) is 13.5. The van der Waals surface area contributed by atoms with Crippen LogP contribution in [0.15, 0.2) is 12.3 Å². The van der Waals surface area contributed by atoms with E-state index in [1.54, 1.807) is 0 Å². The molecule has 1 rings (SSSR count). The van der Waals surface area contributed by atoms with E-state index in [1.807, 2.05) is 0 Å². The summed E-state index contributed by atoms with van der Waals surface area (Å²) in [6.07, 6.45) is 4.38. The first kappa shape index (κ1) is 15.7. The van der Waals surface area contributed by atoms with Gasteiger partial charge < -0.3 is 5.32 Å². The number of nitrogens with one attached hydrogen (secondary N) is 1. The van der Waals surface area contributed by atoms with Crippen molar-refractivity contribution in [3.8, 4) is 0 Å². The summed E-state index contributed by atoms with van der Waals surface area (Å²) >= 11 is 3.55. The third-order valence-electron chi connectivity index (χ3n) is 3.50. The third kappa shape index (κ3) is 4.39. The van der Waals surface area contributed by atoms with Gasteiger partial charge in [0.1, 0.15) is 0 Å². The highest BCUT2D eigenvalue weighted by atomic mass is 79.9. The van der Waals surface area contributed by atoms with E-state index in [9.17, 15) is 0 Å². The van der Waals surface area contributed by atoms with E-state index in [0.29, 0.717) is 18.0 Å². The van der Waals surface area contributed by atoms with Crippen molar-refractivity contribution in [2.24, 2.45) is 5.92 Å². The van der Waals surface area contributed by atoms with E-state index in [1.165, 1.54) is 0 Å². The van der Waals surface area contributed by atoms with Gasteiger partial charge in [-0.25, -0.2) is 0 Å². The Labute approximate surface area is 119 Å². The maximum atomic E-state index is 4.66. The van der Waals surface area contributed by atoms with Gasteiger partial charge in [0.15, 0.2) is 0 Å². The van der Waals surface area contributed by atoms with Gasteiger partial charge in [-0.2, -0.15) is 5.10 Å². The van der Waals surface area contributed by atoms with Gasteiger partial charge in [0.25, 0.3) is 0 Å². The van der Waals surface area contributed by atoms with Gasteiger partial charge in [-0.3, -0.25) is 4.68 Å². The molecular formula is C14H26BrN3. The van der Waals surface area contributed by atoms with Crippen LogP contribution in [0, 0.1) is 5.92 Å². The van der Waals surface area contributed by atoms with Crippen molar-refractivity contribution >= 4 is 15.9 Å². The molecule has 1 unspecified atom stereocenters. The zero-order valence-corrected chi connectivity index (χ0v) is 13.6. The van der Waals surface area contributed by atoms with E-state index in [0.717, 1.165) is 30.4 Å². The average Bonchev–Trinajstić information content (AvgIpc) is 2.80. The molecule has 0 aliphatic carbocycles. The van der Waals surface area contributed by atoms with Crippen molar-refractivity contribution in [2.45, 2.75) is 59.2 Å². The van der Waals surface area contributed by atoms with Gasteiger partial charge in [0.2, 0.25) is 0 Å². The summed E-state index contributed by atoms with van der Waals surface area (Å²) in [5, 5.41) is 9.19. The quantitative estimate of drug-likeness (QED) is 0.740. The lowest BCUT2D eigenvalue weighted by molar-refractivity contribution is 0.411. The van der Waals surface area contributed by atoms with Gasteiger partial charge in [0.05, 0.1) is 11.7 Å². The van der Waals surface area contributed by atoms with Crippen LogP contribution >= 0.6 is 15.9 Å². The molecule has 0 saturated carbocycles. The summed E-state index contributed by atoms with van der Waals surface area (Å²) in [4.78, 5) is 0. The Kier molecular flexibility index (Phi) is 6.94. The topological polar surface area (TPSA) is 29.9 Å². The second kappa shape index (κ2) is 7.95. The summed E-state index contributed by atoms with van der Waals surface area (Å²) in [5.74, 6) is 0.630. The Morgan fingerprint density at radius 2 is 2.00 bits per heavy atom. The van der Waals surface area contributed by atoms with Crippen LogP contribution in [0.1, 0.15) is 52.3 Å². The van der Waals surface area contributed by atoms with E-state index in [2.05, 4.69) is 71.0 Å². The standard InChI is InChI=1S/C14H26BrN3/c1-5-13(6-2)18-8-7-12(17-18)10-16-14(9-15)11(3)4/h7-8,11,13-14,16H,5-6,9-10H2,1-4H3. The molecule has 1 atom stereocenters. The van der Waals surface area contributed by atoms with Crippen LogP contribution in [0.2, 0.25) is 0 Å². The maximum absolute atomic E-state index is 4.66. The molecule has 0 spiro atoms. The Hall–Kier alpha value is -0.350. The molecule has 0 bridgehead atoms. The maximum Gasteiger partial charge on any atom is 0.0762 e. The predicted molar refractivity (Wildman–Crippen MR) is 81.1 cm³/mol. The van der Waals surface area contributed by atoms with Crippen LogP contribution < -0.4 is 5.32 Å². The van der Waals surface area contributed by atoms with Crippen LogP contribution in [0.4, 0.5) is 0 Å². The minimum Gasteiger partial charge on any atom is -0.307 e. The zero-order chi connectivity index (χ0) is 13.5. The summed E-state index contributed by atoms with van der Waals surface area (Å²) in [5.41, 5.74) is 1.13. The number of alkyl halides is 1. The summed E-state index contributed by atoms with van der Waals surface area (Å²) < 4.78 is 2.11. The predicted octanol–water partition coefficient (Wildman–Crippen LogP) is 3.75. The van der Waals surface area contributed by atoms with Crippen LogP contribution in [0.3, 0.4) is 0 Å². The molecule has 0 aliphatic heterocycles. The van der Waals surface area contributed by atoms with E-state index in [4.69, 9.17) is 0 Å². The summed E-state index contributed by atoms with van der Waals surface area (Å²) in [6.45, 7) is 9.76. The monoisotopic (exact) mass is 315 g/mol. The molecule has 104 valence electrons. The van der Waals surface area contributed by atoms with E-state index >= 15 is 0 Å². The summed E-state index contributed by atoms with van der Waals surface area (Å²) in [7, 11) is 0. The number of hydrogen-bond acceptors (Lipinski definition) is 2. The molecule has 1 aromatic heterocycles. The summed E-state index contributed by atoms with van der Waals surface area (Å²) in [6, 6.07) is 3.16. The molecule has 0 aliphatic rings. The molecule has 1 N–H and O–H groups in total. The number of aromatic nitrogens is 2. The van der Waals surface area contributed by atoms with E-state index in [-0.39, 0.29) is 0 Å². The highest BCUT2D eigenvalue weighted by Crippen LogP contribution is 2.14. The fourth-order valence-corrected chi connectivity index (χ4v) is 3.02. The molecule has 0 fully saturated rings. The SMILES string of the molecule is CCC(CC)n1ccc(CNC(CBr)C(C)C)n1. The smallest absolute Gasteiger partial charge is 0.0762 e. The molecular weight excluding hydrogens is 290 g/mol. The van der Waals surface area contributed by atoms with Crippen LogP contribution in [0.5, 0.6) is 0 Å². The van der Waals surface area contributed by atoms with Gasteiger partial charge in [-0.1, -0.05) is 43.6 Å². The zero-order valence-electron chi connectivity index (χ0n) is 12.0. The molecule has 4 heteroatoms. The third-order valence-corrected chi connectivity index (χ3v) is 4.19. The lowest BCUT2D eigenvalue weighted by atomic mass is 10.1. The van der Waals surface area contributed by atoms with Gasteiger partial charge in [-0.15, -0.1) is 0 Å².